The average molecular weight is 470 g/mol. The van der Waals surface area contributed by atoms with Gasteiger partial charge in [-0.1, -0.05) is 66.2 Å². The maximum Gasteiger partial charge on any atom is 0.227 e. The third-order valence-corrected chi connectivity index (χ3v) is 6.22. The fourth-order valence-corrected chi connectivity index (χ4v) is 4.17. The Bertz CT molecular complexity index is 1200. The molecule has 1 aromatic heterocycles. The van der Waals surface area contributed by atoms with E-state index >= 15 is 0 Å². The van der Waals surface area contributed by atoms with Gasteiger partial charge < -0.3 is 9.84 Å². The van der Waals surface area contributed by atoms with Crippen molar-refractivity contribution in [1.29, 1.82) is 0 Å². The van der Waals surface area contributed by atoms with Gasteiger partial charge in [0.1, 0.15) is 5.75 Å². The molecule has 0 saturated carbocycles. The lowest BCUT2D eigenvalue weighted by Crippen LogP contribution is -2.38. The molecule has 1 heterocycles. The van der Waals surface area contributed by atoms with E-state index < -0.39 is 6.10 Å². The zero-order chi connectivity index (χ0) is 24.8. The van der Waals surface area contributed by atoms with E-state index in [0.29, 0.717) is 25.4 Å². The highest BCUT2D eigenvalue weighted by atomic mass is 16.5. The molecular formula is C30H35N3O2. The van der Waals surface area contributed by atoms with Crippen LogP contribution in [0, 0.1) is 13.8 Å². The summed E-state index contributed by atoms with van der Waals surface area (Å²) in [5.74, 6) is 1.48. The van der Waals surface area contributed by atoms with Crippen LogP contribution in [0.1, 0.15) is 36.2 Å². The van der Waals surface area contributed by atoms with Crippen LogP contribution in [0.2, 0.25) is 0 Å². The molecule has 35 heavy (non-hydrogen) atoms. The van der Waals surface area contributed by atoms with Crippen molar-refractivity contribution in [2.75, 3.05) is 6.54 Å². The van der Waals surface area contributed by atoms with Crippen molar-refractivity contribution in [3.8, 4) is 17.3 Å². The van der Waals surface area contributed by atoms with Gasteiger partial charge in [0.15, 0.2) is 0 Å². The number of ether oxygens (including phenoxy) is 1. The molecule has 0 amide bonds. The molecule has 4 aromatic rings. The molecule has 0 saturated heterocycles. The number of aryl methyl sites for hydroxylation is 2. The van der Waals surface area contributed by atoms with Gasteiger partial charge in [0, 0.05) is 19.1 Å². The minimum atomic E-state index is -0.467. The van der Waals surface area contributed by atoms with E-state index in [4.69, 9.17) is 9.84 Å². The van der Waals surface area contributed by atoms with Crippen LogP contribution in [-0.2, 0) is 13.0 Å². The van der Waals surface area contributed by atoms with Crippen molar-refractivity contribution < 1.29 is 9.84 Å². The molecule has 0 aliphatic rings. The zero-order valence-corrected chi connectivity index (χ0v) is 21.1. The fourth-order valence-electron chi connectivity index (χ4n) is 4.17. The van der Waals surface area contributed by atoms with E-state index in [1.807, 2.05) is 84.4 Å². The Morgan fingerprint density at radius 3 is 2.14 bits per heavy atom. The second-order valence-electron chi connectivity index (χ2n) is 9.40. The highest BCUT2D eigenvalue weighted by molar-refractivity contribution is 5.43. The Balaban J connectivity index is 1.63. The van der Waals surface area contributed by atoms with Crippen molar-refractivity contribution in [2.45, 2.75) is 52.8 Å². The van der Waals surface area contributed by atoms with Crippen LogP contribution in [-0.4, -0.2) is 38.5 Å². The molecule has 0 fully saturated rings. The molecule has 0 aliphatic heterocycles. The number of hydrogen-bond acceptors (Lipinski definition) is 4. The Labute approximate surface area is 208 Å². The number of benzene rings is 3. The Morgan fingerprint density at radius 2 is 1.51 bits per heavy atom. The first kappa shape index (κ1) is 24.7. The maximum atomic E-state index is 10.9. The van der Waals surface area contributed by atoms with Crippen molar-refractivity contribution in [1.82, 2.24) is 14.7 Å². The average Bonchev–Trinajstić information content (AvgIpc) is 3.16. The van der Waals surface area contributed by atoms with Gasteiger partial charge in [-0.15, -0.1) is 0 Å². The minimum absolute atomic E-state index is 0.243. The number of para-hydroxylation sites is 1. The predicted molar refractivity (Wildman–Crippen MR) is 141 cm³/mol. The SMILES string of the molecule is Cc1ccc(Oc2c(CN(C[C@@H](O)Cc3ccccc3)C(C)C)c(C)nn2-c2ccccc2)cc1. The molecule has 0 bridgehead atoms. The van der Waals surface area contributed by atoms with Crippen molar-refractivity contribution in [3.63, 3.8) is 0 Å². The van der Waals surface area contributed by atoms with Crippen molar-refractivity contribution in [3.05, 3.63) is 107 Å². The van der Waals surface area contributed by atoms with E-state index in [2.05, 4.69) is 37.8 Å². The zero-order valence-electron chi connectivity index (χ0n) is 21.1. The highest BCUT2D eigenvalue weighted by Gasteiger charge is 2.24. The van der Waals surface area contributed by atoms with Crippen molar-refractivity contribution in [2.24, 2.45) is 0 Å². The Hall–Kier alpha value is -3.41. The summed E-state index contributed by atoms with van der Waals surface area (Å²) >= 11 is 0. The van der Waals surface area contributed by atoms with Crippen LogP contribution in [0.5, 0.6) is 11.6 Å². The summed E-state index contributed by atoms with van der Waals surface area (Å²) in [4.78, 5) is 2.29. The molecular weight excluding hydrogens is 434 g/mol. The molecule has 0 radical (unpaired) electrons. The van der Waals surface area contributed by atoms with Gasteiger partial charge >= 0.3 is 0 Å². The quantitative estimate of drug-likeness (QED) is 0.305. The predicted octanol–water partition coefficient (Wildman–Crippen LogP) is 6.10. The first-order chi connectivity index (χ1) is 16.9. The Morgan fingerprint density at radius 1 is 0.886 bits per heavy atom. The van der Waals surface area contributed by atoms with Crippen LogP contribution in [0.3, 0.4) is 0 Å². The maximum absolute atomic E-state index is 10.9. The molecule has 0 aliphatic carbocycles. The van der Waals surface area contributed by atoms with Crippen LogP contribution >= 0.6 is 0 Å². The lowest BCUT2D eigenvalue weighted by atomic mass is 10.1. The first-order valence-electron chi connectivity index (χ1n) is 12.2. The van der Waals surface area contributed by atoms with E-state index in [-0.39, 0.29) is 6.04 Å². The molecule has 3 aromatic carbocycles. The van der Waals surface area contributed by atoms with Crippen LogP contribution < -0.4 is 4.74 Å². The normalized spacial score (nSPS) is 12.3. The van der Waals surface area contributed by atoms with E-state index in [9.17, 15) is 5.11 Å². The number of nitrogens with zero attached hydrogens (tertiary/aromatic N) is 3. The highest BCUT2D eigenvalue weighted by Crippen LogP contribution is 2.32. The summed E-state index contributed by atoms with van der Waals surface area (Å²) in [5, 5.41) is 15.7. The summed E-state index contributed by atoms with van der Waals surface area (Å²) in [7, 11) is 0. The fraction of sp³-hybridized carbons (Fsp3) is 0.300. The third-order valence-electron chi connectivity index (χ3n) is 6.22. The summed E-state index contributed by atoms with van der Waals surface area (Å²) in [6.07, 6.45) is 0.157. The van der Waals surface area contributed by atoms with Crippen LogP contribution in [0.15, 0.2) is 84.9 Å². The first-order valence-corrected chi connectivity index (χ1v) is 12.2. The smallest absolute Gasteiger partial charge is 0.227 e. The van der Waals surface area contributed by atoms with E-state index in [0.717, 1.165) is 28.3 Å². The third kappa shape index (κ3) is 6.38. The second kappa shape index (κ2) is 11.3. The minimum Gasteiger partial charge on any atom is -0.439 e. The van der Waals surface area contributed by atoms with Gasteiger partial charge in [-0.05, 0) is 63.9 Å². The molecule has 182 valence electrons. The molecule has 5 heteroatoms. The number of hydrogen-bond donors (Lipinski definition) is 1. The summed E-state index contributed by atoms with van der Waals surface area (Å²) < 4.78 is 8.34. The standard InChI is InChI=1S/C30H35N3O2/c1-22(2)32(20-27(34)19-25-11-7-5-8-12-25)21-29-24(4)31-33(26-13-9-6-10-14-26)30(29)35-28-17-15-23(3)16-18-28/h5-18,22,27,34H,19-21H2,1-4H3/t27-/m0/s1. The molecule has 0 unspecified atom stereocenters. The van der Waals surface area contributed by atoms with Gasteiger partial charge in [-0.25, -0.2) is 4.68 Å². The Kier molecular flexibility index (Phi) is 8.01. The molecule has 0 spiro atoms. The van der Waals surface area contributed by atoms with Gasteiger partial charge in [0.25, 0.3) is 0 Å². The van der Waals surface area contributed by atoms with Crippen molar-refractivity contribution >= 4 is 0 Å². The summed E-state index contributed by atoms with van der Waals surface area (Å²) in [6, 6.07) is 28.5. The van der Waals surface area contributed by atoms with E-state index in [1.54, 1.807) is 0 Å². The topological polar surface area (TPSA) is 50.5 Å². The molecule has 4 rings (SSSR count). The van der Waals surface area contributed by atoms with Crippen LogP contribution in [0.4, 0.5) is 0 Å². The summed E-state index contributed by atoms with van der Waals surface area (Å²) in [6.45, 7) is 9.60. The van der Waals surface area contributed by atoms with E-state index in [1.165, 1.54) is 5.56 Å². The largest absolute Gasteiger partial charge is 0.439 e. The number of aliphatic hydroxyl groups is 1. The van der Waals surface area contributed by atoms with Gasteiger partial charge in [0.2, 0.25) is 5.88 Å². The molecule has 1 atom stereocenters. The molecule has 5 nitrogen and oxygen atoms in total. The monoisotopic (exact) mass is 469 g/mol. The summed E-state index contributed by atoms with van der Waals surface area (Å²) in [5.41, 5.74) is 5.21. The molecule has 1 N–H and O–H groups in total. The number of aromatic nitrogens is 2. The number of aliphatic hydroxyl groups excluding tert-OH is 1. The van der Waals surface area contributed by atoms with Gasteiger partial charge in [-0.2, -0.15) is 5.10 Å². The van der Waals surface area contributed by atoms with Crippen LogP contribution in [0.25, 0.3) is 5.69 Å². The second-order valence-corrected chi connectivity index (χ2v) is 9.40. The lowest BCUT2D eigenvalue weighted by molar-refractivity contribution is 0.0902. The lowest BCUT2D eigenvalue weighted by Gasteiger charge is -2.29. The van der Waals surface area contributed by atoms with Gasteiger partial charge in [-0.3, -0.25) is 4.90 Å². The number of rotatable bonds is 10. The van der Waals surface area contributed by atoms with Gasteiger partial charge in [0.05, 0.1) is 23.0 Å².